The van der Waals surface area contributed by atoms with Gasteiger partial charge in [-0.1, -0.05) is 120 Å². The summed E-state index contributed by atoms with van der Waals surface area (Å²) < 4.78 is 0. The van der Waals surface area contributed by atoms with Crippen molar-refractivity contribution in [3.8, 4) is 0 Å². The Balaban J connectivity index is 2.94. The summed E-state index contributed by atoms with van der Waals surface area (Å²) in [4.78, 5) is 0. The van der Waals surface area contributed by atoms with Gasteiger partial charge in [0.1, 0.15) is 6.60 Å². The van der Waals surface area contributed by atoms with E-state index in [-0.39, 0.29) is 0 Å². The van der Waals surface area contributed by atoms with Crippen LogP contribution in [0.2, 0.25) is 22.2 Å². The quantitative estimate of drug-likeness (QED) is 0.442. The zero-order chi connectivity index (χ0) is 20.5. The highest BCUT2D eigenvalue weighted by atomic mass is 32.1. The molecule has 0 bridgehead atoms. The van der Waals surface area contributed by atoms with Gasteiger partial charge in [-0.3, -0.25) is 0 Å². The van der Waals surface area contributed by atoms with Gasteiger partial charge in [-0.15, -0.1) is 0 Å². The van der Waals surface area contributed by atoms with Crippen molar-refractivity contribution in [2.24, 2.45) is 5.92 Å². The van der Waals surface area contributed by atoms with Crippen LogP contribution in [0, 0.1) is 5.92 Å². The van der Waals surface area contributed by atoms with Crippen LogP contribution in [0.15, 0.2) is 0 Å². The summed E-state index contributed by atoms with van der Waals surface area (Å²) in [7, 11) is 5.05. The lowest BCUT2D eigenvalue weighted by molar-refractivity contribution is 0.293. The maximum atomic E-state index is 4.68. The molecule has 0 nitrogen and oxygen atoms in total. The Morgan fingerprint density at radius 3 is 1.81 bits per heavy atom. The first-order valence-corrected chi connectivity index (χ1v) is 13.2. The summed E-state index contributed by atoms with van der Waals surface area (Å²) >= 11 is 9.32. The summed E-state index contributed by atoms with van der Waals surface area (Å²) in [5.74, 6) is 2.51. The monoisotopic (exact) mass is 404 g/mol. The van der Waals surface area contributed by atoms with Gasteiger partial charge >= 0.3 is 0 Å². The fourth-order valence-electron chi connectivity index (χ4n) is 5.55. The molecule has 0 heterocycles. The Kier molecular flexibility index (Phi) is 12.2. The molecular formula is C20H45B5S2. The third kappa shape index (κ3) is 7.65. The van der Waals surface area contributed by atoms with E-state index in [9.17, 15) is 0 Å². The van der Waals surface area contributed by atoms with E-state index in [0.29, 0.717) is 10.5 Å². The molecular weight excluding hydrogens is 358 g/mol. The molecule has 1 fully saturated rings. The molecule has 0 amide bonds. The number of hydrogen-bond donors (Lipinski definition) is 2. The Morgan fingerprint density at radius 1 is 0.852 bits per heavy atom. The molecule has 5 unspecified atom stereocenters. The van der Waals surface area contributed by atoms with Crippen molar-refractivity contribution in [1.82, 2.24) is 0 Å². The molecule has 5 atom stereocenters. The molecule has 152 valence electrons. The van der Waals surface area contributed by atoms with E-state index in [0.717, 1.165) is 37.3 Å². The summed E-state index contributed by atoms with van der Waals surface area (Å²) in [6.45, 7) is 12.8. The van der Waals surface area contributed by atoms with Crippen LogP contribution in [0.3, 0.4) is 0 Å². The maximum Gasteiger partial charge on any atom is 0.190 e. The summed E-state index contributed by atoms with van der Waals surface area (Å²) in [6, 6.07) is 0. The lowest BCUT2D eigenvalue weighted by Crippen LogP contribution is -2.45. The van der Waals surface area contributed by atoms with Crippen LogP contribution < -0.4 is 0 Å². The molecule has 0 spiro atoms. The maximum absolute atomic E-state index is 4.68. The van der Waals surface area contributed by atoms with E-state index in [1.54, 1.807) is 0 Å². The van der Waals surface area contributed by atoms with Crippen LogP contribution in [0.5, 0.6) is 0 Å². The molecule has 27 heavy (non-hydrogen) atoms. The van der Waals surface area contributed by atoms with Crippen molar-refractivity contribution in [2.75, 3.05) is 0 Å². The molecule has 7 heteroatoms. The van der Waals surface area contributed by atoms with Crippen LogP contribution in [-0.4, -0.2) is 35.3 Å². The van der Waals surface area contributed by atoms with Crippen molar-refractivity contribution in [3.05, 3.63) is 0 Å². The second-order valence-electron chi connectivity index (χ2n) is 10.5. The first-order chi connectivity index (χ1) is 12.7. The van der Waals surface area contributed by atoms with E-state index >= 15 is 0 Å². The number of hydrogen-bond acceptors (Lipinski definition) is 2. The SMILES string of the molecule is BB(C(B)(C)CC)C(C)(CC)C1CCCCC(BS)CCC(BS)CCC1. The highest BCUT2D eigenvalue weighted by Crippen LogP contribution is 2.52. The fourth-order valence-corrected chi connectivity index (χ4v) is 6.28. The van der Waals surface area contributed by atoms with Gasteiger partial charge in [0.15, 0.2) is 13.1 Å². The van der Waals surface area contributed by atoms with E-state index in [2.05, 4.69) is 68.2 Å². The summed E-state index contributed by atoms with van der Waals surface area (Å²) in [5.41, 5.74) is 0. The van der Waals surface area contributed by atoms with Gasteiger partial charge in [-0.25, -0.2) is 25.0 Å². The normalized spacial score (nSPS) is 30.1. The molecule has 0 aliphatic heterocycles. The van der Waals surface area contributed by atoms with Gasteiger partial charge in [-0.2, -0.15) is 0 Å². The Bertz CT molecular complexity index is 410. The van der Waals surface area contributed by atoms with Gasteiger partial charge in [-0.05, 0) is 5.92 Å². The minimum Gasteiger partial charge on any atom is -0.231 e. The highest BCUT2D eigenvalue weighted by Gasteiger charge is 2.44. The fraction of sp³-hybridized carbons (Fsp3) is 1.00. The van der Waals surface area contributed by atoms with Crippen molar-refractivity contribution in [3.63, 3.8) is 0 Å². The number of rotatable bonds is 7. The third-order valence-corrected chi connectivity index (χ3v) is 9.88. The van der Waals surface area contributed by atoms with Crippen LogP contribution in [-0.2, 0) is 0 Å². The zero-order valence-corrected chi connectivity index (χ0v) is 21.2. The van der Waals surface area contributed by atoms with Crippen LogP contribution in [0.25, 0.3) is 0 Å². The van der Waals surface area contributed by atoms with E-state index in [1.165, 1.54) is 70.6 Å². The second kappa shape index (κ2) is 12.7. The minimum absolute atomic E-state index is 0.430. The van der Waals surface area contributed by atoms with E-state index in [4.69, 9.17) is 0 Å². The smallest absolute Gasteiger partial charge is 0.190 e. The first-order valence-electron chi connectivity index (χ1n) is 12.0. The lowest BCUT2D eigenvalue weighted by Gasteiger charge is -2.48. The highest BCUT2D eigenvalue weighted by molar-refractivity contribution is 8.07. The summed E-state index contributed by atoms with van der Waals surface area (Å²) in [6.07, 6.45) is 15.2. The molecule has 0 aromatic heterocycles. The Morgan fingerprint density at radius 2 is 1.33 bits per heavy atom. The molecule has 1 saturated carbocycles. The molecule has 1 aliphatic rings. The van der Waals surface area contributed by atoms with Crippen molar-refractivity contribution in [2.45, 2.75) is 120 Å². The minimum atomic E-state index is 0.430. The molecule has 0 N–H and O–H groups in total. The van der Waals surface area contributed by atoms with Crippen LogP contribution in [0.4, 0.5) is 0 Å². The standard InChI is InChI=1S/C20H45B5S2/c1-5-19(3,25(22)20(4,21)6-2)16-10-7-8-12-17(23-26)14-15-18(24-27)13-9-11-16/h16-18,23-24,26-27H,5-15,21-22H2,1-4H3. The largest absolute Gasteiger partial charge is 0.231 e. The molecule has 1 aliphatic carbocycles. The van der Waals surface area contributed by atoms with Crippen molar-refractivity contribution < 1.29 is 0 Å². The predicted octanol–water partition coefficient (Wildman–Crippen LogP) is 4.82. The van der Waals surface area contributed by atoms with Crippen molar-refractivity contribution in [1.29, 1.82) is 0 Å². The van der Waals surface area contributed by atoms with Gasteiger partial charge in [0, 0.05) is 0 Å². The third-order valence-electron chi connectivity index (χ3n) is 8.85. The Labute approximate surface area is 186 Å². The molecule has 0 saturated heterocycles. The molecule has 1 rings (SSSR count). The lowest BCUT2D eigenvalue weighted by atomic mass is 9.07. The second-order valence-corrected chi connectivity index (χ2v) is 11.2. The van der Waals surface area contributed by atoms with Crippen LogP contribution >= 0.6 is 25.0 Å². The average Bonchev–Trinajstić information content (AvgIpc) is 2.67. The zero-order valence-electron chi connectivity index (χ0n) is 19.4. The summed E-state index contributed by atoms with van der Waals surface area (Å²) in [5, 5.41) is 0.891. The average molecular weight is 404 g/mol. The van der Waals surface area contributed by atoms with E-state index < -0.39 is 0 Å². The molecule has 0 radical (unpaired) electrons. The topological polar surface area (TPSA) is 0 Å². The Hall–Kier alpha value is 1.02. The van der Waals surface area contributed by atoms with Crippen molar-refractivity contribution >= 4 is 60.3 Å². The van der Waals surface area contributed by atoms with Gasteiger partial charge in [0.05, 0.1) is 15.6 Å². The van der Waals surface area contributed by atoms with Gasteiger partial charge in [0.25, 0.3) is 0 Å². The number of thiol groups is 2. The molecule has 0 aromatic carbocycles. The van der Waals surface area contributed by atoms with Gasteiger partial charge < -0.3 is 0 Å². The van der Waals surface area contributed by atoms with Crippen LogP contribution in [0.1, 0.15) is 98.3 Å². The first kappa shape index (κ1) is 26.1. The predicted molar refractivity (Wildman–Crippen MR) is 145 cm³/mol. The van der Waals surface area contributed by atoms with E-state index in [1.807, 2.05) is 0 Å². The van der Waals surface area contributed by atoms with Gasteiger partial charge in [0.2, 0.25) is 0 Å². The molecule has 0 aromatic rings.